The van der Waals surface area contributed by atoms with Gasteiger partial charge in [-0.25, -0.2) is 0 Å². The lowest BCUT2D eigenvalue weighted by Crippen LogP contribution is -2.36. The average molecular weight is 306 g/mol. The van der Waals surface area contributed by atoms with E-state index in [1.54, 1.807) is 6.07 Å². The lowest BCUT2D eigenvalue weighted by Gasteiger charge is -2.32. The Labute approximate surface area is 129 Å². The number of rotatable bonds is 5. The molecule has 0 bridgehead atoms. The summed E-state index contributed by atoms with van der Waals surface area (Å²) in [5.41, 5.74) is 6.11. The molecule has 2 N–H and O–H groups in total. The zero-order valence-corrected chi connectivity index (χ0v) is 13.0. The van der Waals surface area contributed by atoms with Crippen molar-refractivity contribution in [1.29, 1.82) is 0 Å². The van der Waals surface area contributed by atoms with Crippen molar-refractivity contribution in [2.45, 2.75) is 12.8 Å². The molecular formula is C15H22N4O3. The molecule has 1 saturated heterocycles. The average Bonchev–Trinajstić information content (AvgIpc) is 2.48. The Hall–Kier alpha value is -2.15. The number of anilines is 1. The highest BCUT2D eigenvalue weighted by atomic mass is 16.6. The highest BCUT2D eigenvalue weighted by molar-refractivity contribution is 5.99. The number of non-ortho nitro benzene ring substituents is 1. The smallest absolute Gasteiger partial charge is 0.270 e. The predicted octanol–water partition coefficient (Wildman–Crippen LogP) is 1.47. The number of amides is 1. The highest BCUT2D eigenvalue weighted by Crippen LogP contribution is 2.26. The fourth-order valence-electron chi connectivity index (χ4n) is 2.90. The first-order chi connectivity index (χ1) is 10.4. The minimum absolute atomic E-state index is 0.120. The number of piperidine rings is 1. The van der Waals surface area contributed by atoms with Gasteiger partial charge in [0.1, 0.15) is 0 Å². The van der Waals surface area contributed by atoms with E-state index in [4.69, 9.17) is 5.73 Å². The van der Waals surface area contributed by atoms with E-state index in [0.717, 1.165) is 32.5 Å². The standard InChI is InChI=1S/C15H22N4O3/c1-17-7-5-11(6-8-17)10-18(2)14-4-3-12(19(21)22)9-13(14)15(16)20/h3-4,9,11H,5-8,10H2,1-2H3,(H2,16,20). The van der Waals surface area contributed by atoms with E-state index in [1.807, 2.05) is 11.9 Å². The van der Waals surface area contributed by atoms with Gasteiger partial charge in [-0.2, -0.15) is 0 Å². The number of hydrogen-bond acceptors (Lipinski definition) is 5. The summed E-state index contributed by atoms with van der Waals surface area (Å²) in [5.74, 6) is -0.0916. The molecule has 22 heavy (non-hydrogen) atoms. The van der Waals surface area contributed by atoms with Gasteiger partial charge in [0.15, 0.2) is 0 Å². The number of nitro benzene ring substituents is 1. The fraction of sp³-hybridized carbons (Fsp3) is 0.533. The van der Waals surface area contributed by atoms with Crippen LogP contribution in [0.1, 0.15) is 23.2 Å². The SMILES string of the molecule is CN1CCC(CN(C)c2ccc([N+](=O)[O-])cc2C(N)=O)CC1. The van der Waals surface area contributed by atoms with Crippen LogP contribution in [0, 0.1) is 16.0 Å². The summed E-state index contributed by atoms with van der Waals surface area (Å²) in [6.45, 7) is 2.95. The summed E-state index contributed by atoms with van der Waals surface area (Å²) in [4.78, 5) is 26.2. The summed E-state index contributed by atoms with van der Waals surface area (Å²) in [6.07, 6.45) is 2.22. The first-order valence-corrected chi connectivity index (χ1v) is 7.36. The molecule has 2 rings (SSSR count). The number of nitro groups is 1. The summed E-state index contributed by atoms with van der Waals surface area (Å²) in [5, 5.41) is 10.8. The lowest BCUT2D eigenvalue weighted by molar-refractivity contribution is -0.384. The highest BCUT2D eigenvalue weighted by Gasteiger charge is 2.21. The van der Waals surface area contributed by atoms with Crippen molar-refractivity contribution >= 4 is 17.3 Å². The largest absolute Gasteiger partial charge is 0.374 e. The molecule has 0 saturated carbocycles. The maximum absolute atomic E-state index is 11.6. The number of benzene rings is 1. The minimum atomic E-state index is -0.645. The van der Waals surface area contributed by atoms with Crippen molar-refractivity contribution < 1.29 is 9.72 Å². The number of primary amides is 1. The summed E-state index contributed by atoms with van der Waals surface area (Å²) >= 11 is 0. The molecule has 1 aromatic carbocycles. The Morgan fingerprint density at radius 3 is 2.64 bits per heavy atom. The van der Waals surface area contributed by atoms with E-state index in [2.05, 4.69) is 11.9 Å². The molecule has 0 aromatic heterocycles. The Morgan fingerprint density at radius 2 is 2.09 bits per heavy atom. The Balaban J connectivity index is 2.16. The summed E-state index contributed by atoms with van der Waals surface area (Å²) in [6, 6.07) is 4.27. The number of nitrogens with zero attached hydrogens (tertiary/aromatic N) is 3. The Bertz CT molecular complexity index is 568. The van der Waals surface area contributed by atoms with Crippen LogP contribution < -0.4 is 10.6 Å². The first-order valence-electron chi connectivity index (χ1n) is 7.36. The van der Waals surface area contributed by atoms with Crippen LogP contribution in [0.15, 0.2) is 18.2 Å². The molecule has 0 unspecified atom stereocenters. The quantitative estimate of drug-likeness (QED) is 0.657. The zero-order chi connectivity index (χ0) is 16.3. The second-order valence-corrected chi connectivity index (χ2v) is 5.95. The van der Waals surface area contributed by atoms with Crippen LogP contribution >= 0.6 is 0 Å². The van der Waals surface area contributed by atoms with Gasteiger partial charge in [0.25, 0.3) is 11.6 Å². The van der Waals surface area contributed by atoms with E-state index in [9.17, 15) is 14.9 Å². The molecule has 0 aliphatic carbocycles. The van der Waals surface area contributed by atoms with Crippen LogP contribution in [0.4, 0.5) is 11.4 Å². The molecule has 1 aliphatic rings. The van der Waals surface area contributed by atoms with Gasteiger partial charge in [-0.3, -0.25) is 14.9 Å². The van der Waals surface area contributed by atoms with Crippen molar-refractivity contribution in [2.24, 2.45) is 11.7 Å². The van der Waals surface area contributed by atoms with Gasteiger partial charge >= 0.3 is 0 Å². The van der Waals surface area contributed by atoms with Crippen LogP contribution in [0.3, 0.4) is 0 Å². The summed E-state index contributed by atoms with van der Waals surface area (Å²) < 4.78 is 0. The Kier molecular flexibility index (Phi) is 4.97. The third-order valence-electron chi connectivity index (χ3n) is 4.24. The first kappa shape index (κ1) is 16.2. The van der Waals surface area contributed by atoms with Gasteiger partial charge < -0.3 is 15.5 Å². The van der Waals surface area contributed by atoms with Gasteiger partial charge in [-0.05, 0) is 45.0 Å². The van der Waals surface area contributed by atoms with Crippen LogP contribution in [-0.2, 0) is 0 Å². The zero-order valence-electron chi connectivity index (χ0n) is 13.0. The molecule has 1 fully saturated rings. The number of likely N-dealkylation sites (tertiary alicyclic amines) is 1. The monoisotopic (exact) mass is 306 g/mol. The van der Waals surface area contributed by atoms with Crippen molar-refractivity contribution in [3.05, 3.63) is 33.9 Å². The molecule has 0 radical (unpaired) electrons. The minimum Gasteiger partial charge on any atom is -0.374 e. The second kappa shape index (κ2) is 6.74. The van der Waals surface area contributed by atoms with E-state index in [1.165, 1.54) is 12.1 Å². The van der Waals surface area contributed by atoms with Crippen molar-refractivity contribution in [3.8, 4) is 0 Å². The van der Waals surface area contributed by atoms with Crippen LogP contribution in [0.5, 0.6) is 0 Å². The van der Waals surface area contributed by atoms with Gasteiger partial charge in [0.2, 0.25) is 0 Å². The van der Waals surface area contributed by atoms with Crippen molar-refractivity contribution in [1.82, 2.24) is 4.90 Å². The molecule has 1 heterocycles. The van der Waals surface area contributed by atoms with E-state index >= 15 is 0 Å². The molecule has 7 nitrogen and oxygen atoms in total. The number of carbonyl (C=O) groups is 1. The van der Waals surface area contributed by atoms with Crippen LogP contribution in [-0.4, -0.2) is 49.5 Å². The maximum atomic E-state index is 11.6. The molecule has 1 aliphatic heterocycles. The molecule has 120 valence electrons. The molecule has 0 spiro atoms. The number of carbonyl (C=O) groups excluding carboxylic acids is 1. The van der Waals surface area contributed by atoms with Crippen LogP contribution in [0.2, 0.25) is 0 Å². The molecule has 1 aromatic rings. The topological polar surface area (TPSA) is 92.7 Å². The third-order valence-corrected chi connectivity index (χ3v) is 4.24. The molecule has 7 heteroatoms. The van der Waals surface area contributed by atoms with Gasteiger partial charge in [-0.15, -0.1) is 0 Å². The van der Waals surface area contributed by atoms with Gasteiger partial charge in [0.05, 0.1) is 10.5 Å². The maximum Gasteiger partial charge on any atom is 0.270 e. The number of nitrogens with two attached hydrogens (primary N) is 1. The molecule has 1 amide bonds. The fourth-order valence-corrected chi connectivity index (χ4v) is 2.90. The lowest BCUT2D eigenvalue weighted by atomic mass is 9.96. The predicted molar refractivity (Wildman–Crippen MR) is 85.1 cm³/mol. The van der Waals surface area contributed by atoms with E-state index < -0.39 is 10.8 Å². The molecular weight excluding hydrogens is 284 g/mol. The van der Waals surface area contributed by atoms with Crippen molar-refractivity contribution in [3.63, 3.8) is 0 Å². The second-order valence-electron chi connectivity index (χ2n) is 5.95. The third kappa shape index (κ3) is 3.73. The van der Waals surface area contributed by atoms with E-state index in [-0.39, 0.29) is 11.3 Å². The van der Waals surface area contributed by atoms with Gasteiger partial charge in [-0.1, -0.05) is 0 Å². The van der Waals surface area contributed by atoms with Crippen LogP contribution in [0.25, 0.3) is 0 Å². The van der Waals surface area contributed by atoms with Crippen molar-refractivity contribution in [2.75, 3.05) is 38.6 Å². The number of hydrogen-bond donors (Lipinski definition) is 1. The molecule has 0 atom stereocenters. The summed E-state index contributed by atoms with van der Waals surface area (Å²) in [7, 11) is 4.01. The Morgan fingerprint density at radius 1 is 1.45 bits per heavy atom. The van der Waals surface area contributed by atoms with Gasteiger partial charge in [0, 0.05) is 31.4 Å². The normalized spacial score (nSPS) is 16.5. The van der Waals surface area contributed by atoms with E-state index in [0.29, 0.717) is 11.6 Å².